The fourth-order valence-electron chi connectivity index (χ4n) is 4.49. The standard InChI is InChI=1S/C27H26BrN5O/c1-17-26-31-32-27(23(16-29-2)18-9-12-21(34-3)13-10-18)33(26)24-14-11-20(28)15-22(24)25(30-17)19-7-5-4-6-8-19/h4-15,17,23,29H,16H2,1-3H3. The number of nitrogens with zero attached hydrogens (tertiary/aromatic N) is 4. The van der Waals surface area contributed by atoms with Crippen molar-refractivity contribution in [1.29, 1.82) is 0 Å². The second-order valence-electron chi connectivity index (χ2n) is 8.32. The van der Waals surface area contributed by atoms with Gasteiger partial charge in [-0.15, -0.1) is 10.2 Å². The number of likely N-dealkylation sites (N-methyl/N-ethyl adjacent to an activating group) is 1. The lowest BCUT2D eigenvalue weighted by atomic mass is 9.96. The number of aliphatic imine (C=N–C) groups is 1. The van der Waals surface area contributed by atoms with Gasteiger partial charge in [-0.1, -0.05) is 58.4 Å². The summed E-state index contributed by atoms with van der Waals surface area (Å²) in [4.78, 5) is 5.12. The van der Waals surface area contributed by atoms with Crippen LogP contribution in [-0.4, -0.2) is 41.2 Å². The van der Waals surface area contributed by atoms with Crippen LogP contribution in [0.3, 0.4) is 0 Å². The highest BCUT2D eigenvalue weighted by Gasteiger charge is 2.30. The lowest BCUT2D eigenvalue weighted by molar-refractivity contribution is 0.414. The Balaban J connectivity index is 1.71. The Bertz CT molecular complexity index is 1330. The number of fused-ring (bicyclic) bond motifs is 3. The summed E-state index contributed by atoms with van der Waals surface area (Å²) >= 11 is 3.67. The third-order valence-electron chi connectivity index (χ3n) is 6.15. The number of halogens is 1. The summed E-state index contributed by atoms with van der Waals surface area (Å²) in [6.45, 7) is 2.80. The number of aromatic nitrogens is 3. The molecular formula is C27H26BrN5O. The molecule has 3 aromatic carbocycles. The van der Waals surface area contributed by atoms with Crippen molar-refractivity contribution in [3.63, 3.8) is 0 Å². The fourth-order valence-corrected chi connectivity index (χ4v) is 4.85. The van der Waals surface area contributed by atoms with Gasteiger partial charge in [-0.3, -0.25) is 9.56 Å². The van der Waals surface area contributed by atoms with Crippen molar-refractivity contribution in [3.8, 4) is 11.4 Å². The lowest BCUT2D eigenvalue weighted by Crippen LogP contribution is -2.22. The van der Waals surface area contributed by atoms with E-state index >= 15 is 0 Å². The maximum atomic E-state index is 5.36. The number of hydrogen-bond acceptors (Lipinski definition) is 5. The predicted molar refractivity (Wildman–Crippen MR) is 138 cm³/mol. The van der Waals surface area contributed by atoms with Gasteiger partial charge in [0.15, 0.2) is 5.82 Å². The summed E-state index contributed by atoms with van der Waals surface area (Å²) in [5, 5.41) is 12.7. The summed E-state index contributed by atoms with van der Waals surface area (Å²) in [5.41, 5.74) is 5.25. The molecule has 5 rings (SSSR count). The molecule has 0 amide bonds. The minimum Gasteiger partial charge on any atom is -0.497 e. The van der Waals surface area contributed by atoms with Gasteiger partial charge in [0, 0.05) is 22.1 Å². The molecule has 0 aliphatic carbocycles. The molecule has 0 radical (unpaired) electrons. The van der Waals surface area contributed by atoms with E-state index in [4.69, 9.17) is 14.8 Å². The van der Waals surface area contributed by atoms with Gasteiger partial charge in [0.25, 0.3) is 0 Å². The molecule has 1 aromatic heterocycles. The van der Waals surface area contributed by atoms with E-state index in [2.05, 4.69) is 80.3 Å². The molecule has 0 saturated carbocycles. The molecule has 0 fully saturated rings. The molecule has 1 aliphatic heterocycles. The third-order valence-corrected chi connectivity index (χ3v) is 6.64. The van der Waals surface area contributed by atoms with Crippen molar-refractivity contribution in [2.24, 2.45) is 4.99 Å². The van der Waals surface area contributed by atoms with Gasteiger partial charge >= 0.3 is 0 Å². The number of ether oxygens (including phenoxy) is 1. The first kappa shape index (κ1) is 22.5. The first-order valence-corrected chi connectivity index (χ1v) is 12.1. The van der Waals surface area contributed by atoms with Crippen LogP contribution in [0.25, 0.3) is 5.69 Å². The SMILES string of the molecule is CNCC(c1ccc(OC)cc1)c1nnc2n1-c1ccc(Br)cc1C(c1ccccc1)=NC2C. The maximum Gasteiger partial charge on any atom is 0.162 e. The van der Waals surface area contributed by atoms with Gasteiger partial charge < -0.3 is 10.1 Å². The predicted octanol–water partition coefficient (Wildman–Crippen LogP) is 5.30. The van der Waals surface area contributed by atoms with E-state index in [1.807, 2.05) is 37.4 Å². The molecule has 0 saturated heterocycles. The van der Waals surface area contributed by atoms with Gasteiger partial charge in [-0.05, 0) is 49.9 Å². The Hall–Kier alpha value is -3.29. The number of nitrogens with one attached hydrogen (secondary N) is 1. The Kier molecular flexibility index (Phi) is 6.30. The molecule has 1 aliphatic rings. The largest absolute Gasteiger partial charge is 0.497 e. The van der Waals surface area contributed by atoms with Gasteiger partial charge in [0.1, 0.15) is 17.6 Å². The summed E-state index contributed by atoms with van der Waals surface area (Å²) in [5.74, 6) is 2.55. The van der Waals surface area contributed by atoms with E-state index < -0.39 is 0 Å². The molecule has 172 valence electrons. The van der Waals surface area contributed by atoms with Crippen LogP contribution in [0.2, 0.25) is 0 Å². The zero-order valence-electron chi connectivity index (χ0n) is 19.4. The molecule has 4 aromatic rings. The highest BCUT2D eigenvalue weighted by Crippen LogP contribution is 2.35. The molecule has 0 spiro atoms. The van der Waals surface area contributed by atoms with Gasteiger partial charge in [-0.2, -0.15) is 0 Å². The third kappa shape index (κ3) is 4.06. The van der Waals surface area contributed by atoms with Crippen LogP contribution in [0.15, 0.2) is 82.3 Å². The summed E-state index contributed by atoms with van der Waals surface area (Å²) in [6.07, 6.45) is 0. The van der Waals surface area contributed by atoms with Crippen molar-refractivity contribution in [1.82, 2.24) is 20.1 Å². The van der Waals surface area contributed by atoms with E-state index in [1.54, 1.807) is 7.11 Å². The van der Waals surface area contributed by atoms with E-state index in [0.29, 0.717) is 0 Å². The van der Waals surface area contributed by atoms with E-state index in [9.17, 15) is 0 Å². The highest BCUT2D eigenvalue weighted by molar-refractivity contribution is 9.10. The van der Waals surface area contributed by atoms with Crippen molar-refractivity contribution < 1.29 is 4.74 Å². The average molecular weight is 516 g/mol. The van der Waals surface area contributed by atoms with Gasteiger partial charge in [0.2, 0.25) is 0 Å². The normalized spacial score (nSPS) is 15.6. The second kappa shape index (κ2) is 9.52. The smallest absolute Gasteiger partial charge is 0.162 e. The lowest BCUT2D eigenvalue weighted by Gasteiger charge is -2.20. The molecule has 6 nitrogen and oxygen atoms in total. The van der Waals surface area contributed by atoms with E-state index in [-0.39, 0.29) is 12.0 Å². The van der Waals surface area contributed by atoms with Crippen molar-refractivity contribution in [2.75, 3.05) is 20.7 Å². The number of benzene rings is 3. The molecular weight excluding hydrogens is 490 g/mol. The van der Waals surface area contributed by atoms with Crippen LogP contribution in [-0.2, 0) is 0 Å². The quantitative estimate of drug-likeness (QED) is 0.378. The van der Waals surface area contributed by atoms with Crippen LogP contribution in [0.5, 0.6) is 5.75 Å². The van der Waals surface area contributed by atoms with Crippen LogP contribution in [0.4, 0.5) is 0 Å². The monoisotopic (exact) mass is 515 g/mol. The van der Waals surface area contributed by atoms with E-state index in [0.717, 1.165) is 56.5 Å². The van der Waals surface area contributed by atoms with Crippen LogP contribution in [0.1, 0.15) is 47.2 Å². The fraction of sp³-hybridized carbons (Fsp3) is 0.222. The van der Waals surface area contributed by atoms with Crippen LogP contribution < -0.4 is 10.1 Å². The second-order valence-corrected chi connectivity index (χ2v) is 9.23. The topological polar surface area (TPSA) is 64.3 Å². The van der Waals surface area contributed by atoms with E-state index in [1.165, 1.54) is 0 Å². The minimum atomic E-state index is -0.159. The molecule has 2 heterocycles. The summed E-state index contributed by atoms with van der Waals surface area (Å²) in [6, 6.07) is 24.6. The molecule has 1 N–H and O–H groups in total. The summed E-state index contributed by atoms with van der Waals surface area (Å²) < 4.78 is 8.56. The zero-order valence-corrected chi connectivity index (χ0v) is 21.0. The summed E-state index contributed by atoms with van der Waals surface area (Å²) in [7, 11) is 3.64. The van der Waals surface area contributed by atoms with Gasteiger partial charge in [-0.25, -0.2) is 0 Å². The Morgan fingerprint density at radius 1 is 1.03 bits per heavy atom. The molecule has 7 heteroatoms. The van der Waals surface area contributed by atoms with Crippen molar-refractivity contribution in [3.05, 3.63) is 106 Å². The first-order chi connectivity index (χ1) is 16.6. The molecule has 34 heavy (non-hydrogen) atoms. The van der Waals surface area contributed by atoms with Gasteiger partial charge in [0.05, 0.1) is 24.4 Å². The van der Waals surface area contributed by atoms with Crippen LogP contribution >= 0.6 is 15.9 Å². The Morgan fingerprint density at radius 2 is 1.79 bits per heavy atom. The highest BCUT2D eigenvalue weighted by atomic mass is 79.9. The minimum absolute atomic E-state index is 0.000807. The number of hydrogen-bond donors (Lipinski definition) is 1. The molecule has 2 unspecified atom stereocenters. The Labute approximate surface area is 207 Å². The molecule has 0 bridgehead atoms. The maximum absolute atomic E-state index is 5.36. The first-order valence-electron chi connectivity index (χ1n) is 11.3. The van der Waals surface area contributed by atoms with Crippen molar-refractivity contribution in [2.45, 2.75) is 18.9 Å². The average Bonchev–Trinajstić information content (AvgIpc) is 3.26. The zero-order chi connectivity index (χ0) is 23.7. The number of rotatable bonds is 6. The van der Waals surface area contributed by atoms with Crippen LogP contribution in [0, 0.1) is 0 Å². The number of methoxy groups -OCH3 is 1. The molecule has 2 atom stereocenters. The Morgan fingerprint density at radius 3 is 2.50 bits per heavy atom. The van der Waals surface area contributed by atoms with Crippen molar-refractivity contribution >= 4 is 21.6 Å².